The van der Waals surface area contributed by atoms with Gasteiger partial charge in [-0.2, -0.15) is 0 Å². The Balaban J connectivity index is 2.46. The van der Waals surface area contributed by atoms with Gasteiger partial charge in [0.05, 0.1) is 11.1 Å². The van der Waals surface area contributed by atoms with Crippen molar-refractivity contribution < 1.29 is 9.13 Å². The third-order valence-electron chi connectivity index (χ3n) is 2.34. The number of rotatable bonds is 6. The zero-order valence-electron chi connectivity index (χ0n) is 9.59. The number of benzene rings is 1. The Bertz CT molecular complexity index is 333. The molecule has 0 radical (unpaired) electrons. The molecular weight excluding hydrogens is 273 g/mol. The van der Waals surface area contributed by atoms with Gasteiger partial charge in [-0.05, 0) is 47.5 Å². The molecule has 0 saturated heterocycles. The summed E-state index contributed by atoms with van der Waals surface area (Å²) < 4.78 is 18.8. The van der Waals surface area contributed by atoms with E-state index in [0.29, 0.717) is 11.1 Å². The summed E-state index contributed by atoms with van der Waals surface area (Å²) in [6.45, 7) is 6.25. The summed E-state index contributed by atoms with van der Waals surface area (Å²) in [4.78, 5) is 0. The van der Waals surface area contributed by atoms with E-state index in [1.165, 1.54) is 6.07 Å². The Hall–Kier alpha value is -0.450. The SMILES string of the molecule is CCOCCNC(C)c1ccc(F)c(Br)c1. The molecule has 0 aliphatic heterocycles. The zero-order valence-corrected chi connectivity index (χ0v) is 11.2. The molecule has 0 saturated carbocycles. The Morgan fingerprint density at radius 1 is 1.50 bits per heavy atom. The van der Waals surface area contributed by atoms with Crippen LogP contribution in [0.1, 0.15) is 25.5 Å². The first kappa shape index (κ1) is 13.6. The number of nitrogens with one attached hydrogen (secondary N) is 1. The van der Waals surface area contributed by atoms with Crippen LogP contribution in [0.5, 0.6) is 0 Å². The van der Waals surface area contributed by atoms with Crippen LogP contribution in [0.4, 0.5) is 4.39 Å². The first-order valence-electron chi connectivity index (χ1n) is 5.41. The van der Waals surface area contributed by atoms with Gasteiger partial charge in [0, 0.05) is 19.2 Å². The predicted octanol–water partition coefficient (Wildman–Crippen LogP) is 3.28. The third-order valence-corrected chi connectivity index (χ3v) is 2.95. The fourth-order valence-corrected chi connectivity index (χ4v) is 1.79. The van der Waals surface area contributed by atoms with Gasteiger partial charge in [-0.1, -0.05) is 6.07 Å². The van der Waals surface area contributed by atoms with E-state index in [2.05, 4.69) is 21.2 Å². The fourth-order valence-electron chi connectivity index (χ4n) is 1.39. The molecule has 1 atom stereocenters. The third kappa shape index (κ3) is 4.20. The zero-order chi connectivity index (χ0) is 12.0. The highest BCUT2D eigenvalue weighted by molar-refractivity contribution is 9.10. The van der Waals surface area contributed by atoms with Crippen molar-refractivity contribution in [3.8, 4) is 0 Å². The van der Waals surface area contributed by atoms with E-state index in [1.807, 2.05) is 13.8 Å². The maximum absolute atomic E-state index is 13.0. The number of hydrogen-bond donors (Lipinski definition) is 1. The minimum absolute atomic E-state index is 0.192. The minimum Gasteiger partial charge on any atom is -0.380 e. The van der Waals surface area contributed by atoms with Crippen LogP contribution in [0, 0.1) is 5.82 Å². The lowest BCUT2D eigenvalue weighted by Crippen LogP contribution is -2.23. The van der Waals surface area contributed by atoms with E-state index in [9.17, 15) is 4.39 Å². The lowest BCUT2D eigenvalue weighted by Gasteiger charge is -2.14. The minimum atomic E-state index is -0.231. The molecule has 0 aliphatic carbocycles. The lowest BCUT2D eigenvalue weighted by molar-refractivity contribution is 0.147. The van der Waals surface area contributed by atoms with Crippen LogP contribution in [0.15, 0.2) is 22.7 Å². The second-order valence-electron chi connectivity index (χ2n) is 3.55. The van der Waals surface area contributed by atoms with E-state index < -0.39 is 0 Å². The van der Waals surface area contributed by atoms with Crippen LogP contribution in [0.3, 0.4) is 0 Å². The molecule has 1 N–H and O–H groups in total. The topological polar surface area (TPSA) is 21.3 Å². The number of halogens is 2. The average Bonchev–Trinajstić information content (AvgIpc) is 2.28. The van der Waals surface area contributed by atoms with Gasteiger partial charge in [-0.3, -0.25) is 0 Å². The first-order valence-corrected chi connectivity index (χ1v) is 6.20. The Kier molecular flexibility index (Phi) is 5.95. The smallest absolute Gasteiger partial charge is 0.137 e. The van der Waals surface area contributed by atoms with Crippen molar-refractivity contribution in [2.45, 2.75) is 19.9 Å². The van der Waals surface area contributed by atoms with E-state index in [0.717, 1.165) is 18.7 Å². The van der Waals surface area contributed by atoms with Crippen molar-refractivity contribution in [3.05, 3.63) is 34.1 Å². The monoisotopic (exact) mass is 289 g/mol. The number of hydrogen-bond acceptors (Lipinski definition) is 2. The van der Waals surface area contributed by atoms with Crippen molar-refractivity contribution in [1.82, 2.24) is 5.32 Å². The molecule has 0 spiro atoms. The number of ether oxygens (including phenoxy) is 1. The molecular formula is C12H17BrFNO. The summed E-state index contributed by atoms with van der Waals surface area (Å²) in [5.74, 6) is -0.231. The molecule has 0 heterocycles. The Morgan fingerprint density at radius 3 is 2.88 bits per heavy atom. The normalized spacial score (nSPS) is 12.8. The summed E-state index contributed by atoms with van der Waals surface area (Å²) in [6, 6.07) is 5.25. The van der Waals surface area contributed by atoms with E-state index in [-0.39, 0.29) is 11.9 Å². The molecule has 2 nitrogen and oxygen atoms in total. The van der Waals surface area contributed by atoms with Crippen molar-refractivity contribution in [2.75, 3.05) is 19.8 Å². The maximum atomic E-state index is 13.0. The molecule has 0 fully saturated rings. The van der Waals surface area contributed by atoms with Crippen LogP contribution in [-0.2, 0) is 4.74 Å². The van der Waals surface area contributed by atoms with Crippen LogP contribution < -0.4 is 5.32 Å². The van der Waals surface area contributed by atoms with Gasteiger partial charge in [0.15, 0.2) is 0 Å². The molecule has 16 heavy (non-hydrogen) atoms. The summed E-state index contributed by atoms with van der Waals surface area (Å²) >= 11 is 3.18. The van der Waals surface area contributed by atoms with Crippen molar-refractivity contribution in [1.29, 1.82) is 0 Å². The Labute approximate surface area is 104 Å². The highest BCUT2D eigenvalue weighted by Crippen LogP contribution is 2.20. The summed E-state index contributed by atoms with van der Waals surface area (Å²) in [5, 5.41) is 3.31. The molecule has 90 valence electrons. The van der Waals surface area contributed by atoms with Gasteiger partial charge in [0.25, 0.3) is 0 Å². The predicted molar refractivity (Wildman–Crippen MR) is 67.0 cm³/mol. The average molecular weight is 290 g/mol. The molecule has 1 aromatic rings. The summed E-state index contributed by atoms with van der Waals surface area (Å²) in [7, 11) is 0. The molecule has 0 bridgehead atoms. The molecule has 0 aliphatic rings. The lowest BCUT2D eigenvalue weighted by atomic mass is 10.1. The van der Waals surface area contributed by atoms with Crippen LogP contribution in [0.25, 0.3) is 0 Å². The molecule has 0 amide bonds. The standard InChI is InChI=1S/C12H17BrFNO/c1-3-16-7-6-15-9(2)10-4-5-12(14)11(13)8-10/h4-5,8-9,15H,3,6-7H2,1-2H3. The summed E-state index contributed by atoms with van der Waals surface area (Å²) in [5.41, 5.74) is 1.06. The van der Waals surface area contributed by atoms with Crippen molar-refractivity contribution in [3.63, 3.8) is 0 Å². The van der Waals surface area contributed by atoms with Gasteiger partial charge in [0.1, 0.15) is 5.82 Å². The van der Waals surface area contributed by atoms with Crippen LogP contribution >= 0.6 is 15.9 Å². The fraction of sp³-hybridized carbons (Fsp3) is 0.500. The molecule has 1 rings (SSSR count). The van der Waals surface area contributed by atoms with Gasteiger partial charge < -0.3 is 10.1 Å². The van der Waals surface area contributed by atoms with Crippen molar-refractivity contribution in [2.24, 2.45) is 0 Å². The second-order valence-corrected chi connectivity index (χ2v) is 4.40. The maximum Gasteiger partial charge on any atom is 0.137 e. The summed E-state index contributed by atoms with van der Waals surface area (Å²) in [6.07, 6.45) is 0. The van der Waals surface area contributed by atoms with E-state index in [1.54, 1.807) is 12.1 Å². The highest BCUT2D eigenvalue weighted by Gasteiger charge is 2.06. The van der Waals surface area contributed by atoms with Crippen molar-refractivity contribution >= 4 is 15.9 Å². The van der Waals surface area contributed by atoms with Gasteiger partial charge in [-0.15, -0.1) is 0 Å². The molecule has 1 aromatic carbocycles. The largest absolute Gasteiger partial charge is 0.380 e. The van der Waals surface area contributed by atoms with Gasteiger partial charge in [-0.25, -0.2) is 4.39 Å². The Morgan fingerprint density at radius 2 is 2.25 bits per heavy atom. The van der Waals surface area contributed by atoms with E-state index >= 15 is 0 Å². The van der Waals surface area contributed by atoms with Crippen LogP contribution in [-0.4, -0.2) is 19.8 Å². The van der Waals surface area contributed by atoms with Crippen LogP contribution in [0.2, 0.25) is 0 Å². The molecule has 1 unspecified atom stereocenters. The second kappa shape index (κ2) is 6.99. The highest BCUT2D eigenvalue weighted by atomic mass is 79.9. The van der Waals surface area contributed by atoms with E-state index in [4.69, 9.17) is 4.74 Å². The quantitative estimate of drug-likeness (QED) is 0.812. The molecule has 0 aromatic heterocycles. The first-order chi connectivity index (χ1) is 7.65. The van der Waals surface area contributed by atoms with Gasteiger partial charge >= 0.3 is 0 Å². The van der Waals surface area contributed by atoms with Gasteiger partial charge in [0.2, 0.25) is 0 Å². The molecule has 4 heteroatoms.